The van der Waals surface area contributed by atoms with Crippen molar-refractivity contribution in [3.8, 4) is 0 Å². The molecular weight excluding hydrogens is 148 g/mol. The van der Waals surface area contributed by atoms with E-state index in [2.05, 4.69) is 27.4 Å². The van der Waals surface area contributed by atoms with Crippen LogP contribution in [0.3, 0.4) is 0 Å². The van der Waals surface area contributed by atoms with Crippen molar-refractivity contribution in [1.82, 2.24) is 0 Å². The Morgan fingerprint density at radius 2 is 2.08 bits per heavy atom. The smallest absolute Gasteiger partial charge is 0.0622 e. The van der Waals surface area contributed by atoms with Gasteiger partial charge in [0.05, 0.1) is 5.60 Å². The third kappa shape index (κ3) is 5.36. The molecule has 0 aliphatic heterocycles. The van der Waals surface area contributed by atoms with Gasteiger partial charge in [0, 0.05) is 7.11 Å². The van der Waals surface area contributed by atoms with E-state index in [1.54, 1.807) is 7.11 Å². The van der Waals surface area contributed by atoms with Crippen LogP contribution in [0.25, 0.3) is 0 Å². The van der Waals surface area contributed by atoms with Gasteiger partial charge in [0.2, 0.25) is 0 Å². The maximum Gasteiger partial charge on any atom is 0.0622 e. The van der Waals surface area contributed by atoms with Gasteiger partial charge in [-0.05, 0) is 32.6 Å². The molecular formula is C11H22O. The summed E-state index contributed by atoms with van der Waals surface area (Å²) >= 11 is 0. The van der Waals surface area contributed by atoms with E-state index in [0.29, 0.717) is 5.92 Å². The highest BCUT2D eigenvalue weighted by Crippen LogP contribution is 2.18. The van der Waals surface area contributed by atoms with Crippen molar-refractivity contribution in [2.24, 2.45) is 5.92 Å². The number of methoxy groups -OCH3 is 1. The van der Waals surface area contributed by atoms with Gasteiger partial charge >= 0.3 is 0 Å². The second-order valence-electron chi connectivity index (χ2n) is 4.07. The quantitative estimate of drug-likeness (QED) is 0.555. The molecule has 0 amide bonds. The number of rotatable bonds is 6. The average Bonchev–Trinajstić information content (AvgIpc) is 2.04. The summed E-state index contributed by atoms with van der Waals surface area (Å²) in [6.45, 7) is 10.2. The second kappa shape index (κ2) is 5.36. The Balaban J connectivity index is 3.49. The third-order valence-corrected chi connectivity index (χ3v) is 2.39. The summed E-state index contributed by atoms with van der Waals surface area (Å²) in [6.07, 6.45) is 5.58. The van der Waals surface area contributed by atoms with E-state index in [0.717, 1.165) is 6.42 Å². The molecule has 72 valence electrons. The van der Waals surface area contributed by atoms with Gasteiger partial charge in [-0.3, -0.25) is 0 Å². The fraction of sp³-hybridized carbons (Fsp3) is 0.818. The van der Waals surface area contributed by atoms with Gasteiger partial charge in [0.1, 0.15) is 0 Å². The van der Waals surface area contributed by atoms with E-state index >= 15 is 0 Å². The SMILES string of the molecule is C=C[C@H](C)CCCC(C)(C)OC. The minimum Gasteiger partial charge on any atom is -0.379 e. The Morgan fingerprint density at radius 1 is 1.50 bits per heavy atom. The van der Waals surface area contributed by atoms with Gasteiger partial charge in [-0.15, -0.1) is 6.58 Å². The van der Waals surface area contributed by atoms with Crippen LogP contribution in [0.2, 0.25) is 0 Å². The molecule has 1 heteroatoms. The first kappa shape index (κ1) is 11.7. The van der Waals surface area contributed by atoms with Crippen LogP contribution >= 0.6 is 0 Å². The predicted molar refractivity (Wildman–Crippen MR) is 54.3 cm³/mol. The highest BCUT2D eigenvalue weighted by Gasteiger charge is 2.15. The van der Waals surface area contributed by atoms with Crippen LogP contribution in [0.15, 0.2) is 12.7 Å². The Hall–Kier alpha value is -0.300. The number of allylic oxidation sites excluding steroid dienone is 1. The van der Waals surface area contributed by atoms with Crippen LogP contribution in [0.4, 0.5) is 0 Å². The van der Waals surface area contributed by atoms with Crippen LogP contribution in [-0.2, 0) is 4.74 Å². The molecule has 0 saturated heterocycles. The van der Waals surface area contributed by atoms with Crippen molar-refractivity contribution in [2.75, 3.05) is 7.11 Å². The van der Waals surface area contributed by atoms with E-state index in [4.69, 9.17) is 4.74 Å². The summed E-state index contributed by atoms with van der Waals surface area (Å²) in [5.74, 6) is 0.637. The molecule has 0 aliphatic rings. The maximum atomic E-state index is 5.33. The van der Waals surface area contributed by atoms with Crippen molar-refractivity contribution < 1.29 is 4.74 Å². The Labute approximate surface area is 76.8 Å². The van der Waals surface area contributed by atoms with Crippen molar-refractivity contribution in [3.05, 3.63) is 12.7 Å². The van der Waals surface area contributed by atoms with Crippen molar-refractivity contribution >= 4 is 0 Å². The van der Waals surface area contributed by atoms with Gasteiger partial charge in [-0.25, -0.2) is 0 Å². The number of hydrogen-bond acceptors (Lipinski definition) is 1. The van der Waals surface area contributed by atoms with E-state index in [1.165, 1.54) is 12.8 Å². The minimum absolute atomic E-state index is 0.0425. The first-order chi connectivity index (χ1) is 5.52. The van der Waals surface area contributed by atoms with Crippen LogP contribution < -0.4 is 0 Å². The van der Waals surface area contributed by atoms with Gasteiger partial charge in [0.25, 0.3) is 0 Å². The lowest BCUT2D eigenvalue weighted by Crippen LogP contribution is -2.22. The van der Waals surface area contributed by atoms with Crippen LogP contribution in [0, 0.1) is 5.92 Å². The zero-order valence-corrected chi connectivity index (χ0v) is 8.89. The summed E-state index contributed by atoms with van der Waals surface area (Å²) in [5, 5.41) is 0. The Kier molecular flexibility index (Phi) is 5.23. The van der Waals surface area contributed by atoms with Gasteiger partial charge < -0.3 is 4.74 Å². The molecule has 0 aromatic heterocycles. The fourth-order valence-electron chi connectivity index (χ4n) is 1.07. The van der Waals surface area contributed by atoms with E-state index < -0.39 is 0 Å². The first-order valence-corrected chi connectivity index (χ1v) is 4.69. The molecule has 0 heterocycles. The average molecular weight is 170 g/mol. The summed E-state index contributed by atoms with van der Waals surface area (Å²) in [4.78, 5) is 0. The summed E-state index contributed by atoms with van der Waals surface area (Å²) < 4.78 is 5.33. The van der Waals surface area contributed by atoms with E-state index in [1.807, 2.05) is 6.08 Å². The molecule has 1 nitrogen and oxygen atoms in total. The molecule has 0 unspecified atom stereocenters. The molecule has 0 spiro atoms. The zero-order chi connectivity index (χ0) is 9.61. The van der Waals surface area contributed by atoms with Crippen molar-refractivity contribution in [3.63, 3.8) is 0 Å². The third-order valence-electron chi connectivity index (χ3n) is 2.39. The molecule has 0 aromatic carbocycles. The van der Waals surface area contributed by atoms with Crippen LogP contribution in [0.1, 0.15) is 40.0 Å². The summed E-state index contributed by atoms with van der Waals surface area (Å²) in [6, 6.07) is 0. The Morgan fingerprint density at radius 3 is 2.50 bits per heavy atom. The molecule has 0 radical (unpaired) electrons. The van der Waals surface area contributed by atoms with Gasteiger partial charge in [0.15, 0.2) is 0 Å². The molecule has 0 N–H and O–H groups in total. The Bertz CT molecular complexity index is 127. The molecule has 1 atom stereocenters. The predicted octanol–water partition coefficient (Wildman–Crippen LogP) is 3.40. The van der Waals surface area contributed by atoms with Crippen LogP contribution in [-0.4, -0.2) is 12.7 Å². The molecule has 12 heavy (non-hydrogen) atoms. The maximum absolute atomic E-state index is 5.33. The number of ether oxygens (including phenoxy) is 1. The highest BCUT2D eigenvalue weighted by atomic mass is 16.5. The van der Waals surface area contributed by atoms with E-state index in [9.17, 15) is 0 Å². The fourth-order valence-corrected chi connectivity index (χ4v) is 1.07. The molecule has 0 saturated carbocycles. The van der Waals surface area contributed by atoms with Crippen molar-refractivity contribution in [1.29, 1.82) is 0 Å². The minimum atomic E-state index is 0.0425. The first-order valence-electron chi connectivity index (χ1n) is 4.69. The highest BCUT2D eigenvalue weighted by molar-refractivity contribution is 4.76. The van der Waals surface area contributed by atoms with Crippen molar-refractivity contribution in [2.45, 2.75) is 45.6 Å². The standard InChI is InChI=1S/C11H22O/c1-6-10(2)8-7-9-11(3,4)12-5/h6,10H,1,7-9H2,2-5H3/t10-/m0/s1. The molecule has 0 rings (SSSR count). The lowest BCUT2D eigenvalue weighted by atomic mass is 9.97. The normalized spacial score (nSPS) is 14.3. The van der Waals surface area contributed by atoms with Gasteiger partial charge in [-0.1, -0.05) is 19.4 Å². The number of hydrogen-bond donors (Lipinski definition) is 0. The molecule has 0 aliphatic carbocycles. The second-order valence-corrected chi connectivity index (χ2v) is 4.07. The topological polar surface area (TPSA) is 9.23 Å². The van der Waals surface area contributed by atoms with Crippen LogP contribution in [0.5, 0.6) is 0 Å². The molecule has 0 bridgehead atoms. The summed E-state index contributed by atoms with van der Waals surface area (Å²) in [7, 11) is 1.77. The lowest BCUT2D eigenvalue weighted by molar-refractivity contribution is 0.0130. The van der Waals surface area contributed by atoms with E-state index in [-0.39, 0.29) is 5.60 Å². The van der Waals surface area contributed by atoms with Gasteiger partial charge in [-0.2, -0.15) is 0 Å². The largest absolute Gasteiger partial charge is 0.379 e. The molecule has 0 fully saturated rings. The monoisotopic (exact) mass is 170 g/mol. The summed E-state index contributed by atoms with van der Waals surface area (Å²) in [5.41, 5.74) is 0.0425. The zero-order valence-electron chi connectivity index (χ0n) is 8.89. The molecule has 0 aromatic rings. The lowest BCUT2D eigenvalue weighted by Gasteiger charge is -2.22.